The van der Waals surface area contributed by atoms with Crippen molar-refractivity contribution in [1.29, 1.82) is 0 Å². The van der Waals surface area contributed by atoms with Gasteiger partial charge in [0.25, 0.3) is 0 Å². The zero-order valence-electron chi connectivity index (χ0n) is 9.17. The van der Waals surface area contributed by atoms with E-state index in [9.17, 15) is 5.11 Å². The highest BCUT2D eigenvalue weighted by Crippen LogP contribution is 2.31. The molecule has 2 aromatic carbocycles. The van der Waals surface area contributed by atoms with Gasteiger partial charge in [-0.2, -0.15) is 0 Å². The molecule has 82 valence electrons. The van der Waals surface area contributed by atoms with Gasteiger partial charge in [-0.25, -0.2) is 0 Å². The molecule has 0 bridgehead atoms. The van der Waals surface area contributed by atoms with Gasteiger partial charge in [0, 0.05) is 18.0 Å². The van der Waals surface area contributed by atoms with Crippen LogP contribution >= 0.6 is 0 Å². The normalized spacial score (nSPS) is 10.6. The molecule has 0 radical (unpaired) electrons. The third-order valence-electron chi connectivity index (χ3n) is 2.82. The molecule has 3 rings (SSSR count). The Balaban J connectivity index is 2.36. The summed E-state index contributed by atoms with van der Waals surface area (Å²) in [4.78, 5) is 4.12. The first-order valence-electron chi connectivity index (χ1n) is 5.47. The number of hydrogen-bond acceptors (Lipinski definition) is 2. The quantitative estimate of drug-likeness (QED) is 0.681. The zero-order valence-corrected chi connectivity index (χ0v) is 9.17. The van der Waals surface area contributed by atoms with Crippen LogP contribution in [0.1, 0.15) is 0 Å². The molecule has 0 aliphatic rings. The van der Waals surface area contributed by atoms with Gasteiger partial charge in [-0.3, -0.25) is 4.98 Å². The fraction of sp³-hybridized carbons (Fsp3) is 0. The summed E-state index contributed by atoms with van der Waals surface area (Å²) in [6.45, 7) is 0. The minimum absolute atomic E-state index is 0.280. The molecule has 3 aromatic rings. The molecule has 0 aliphatic carbocycles. The summed E-state index contributed by atoms with van der Waals surface area (Å²) in [7, 11) is 0. The van der Waals surface area contributed by atoms with Gasteiger partial charge in [0.2, 0.25) is 0 Å². The molecule has 1 N–H and O–H groups in total. The van der Waals surface area contributed by atoms with E-state index in [-0.39, 0.29) is 5.75 Å². The number of rotatable bonds is 1. The Bertz CT molecular complexity index is 662. The average molecular weight is 221 g/mol. The van der Waals surface area contributed by atoms with Crippen LogP contribution in [0, 0.1) is 0 Å². The maximum absolute atomic E-state index is 9.75. The SMILES string of the molecule is Oc1cc(-c2cccnc2)c2ccccc2c1. The number of aromatic hydroxyl groups is 1. The van der Waals surface area contributed by atoms with Crippen molar-refractivity contribution in [2.75, 3.05) is 0 Å². The lowest BCUT2D eigenvalue weighted by Crippen LogP contribution is -1.82. The summed E-state index contributed by atoms with van der Waals surface area (Å²) in [5.41, 5.74) is 2.02. The van der Waals surface area contributed by atoms with Crippen LogP contribution in [0.2, 0.25) is 0 Å². The molecule has 0 saturated carbocycles. The van der Waals surface area contributed by atoms with E-state index < -0.39 is 0 Å². The molecular weight excluding hydrogens is 210 g/mol. The number of benzene rings is 2. The van der Waals surface area contributed by atoms with Gasteiger partial charge in [0.1, 0.15) is 5.75 Å². The van der Waals surface area contributed by atoms with Crippen LogP contribution in [0.15, 0.2) is 60.9 Å². The van der Waals surface area contributed by atoms with E-state index in [1.807, 2.05) is 30.3 Å². The third kappa shape index (κ3) is 1.74. The monoisotopic (exact) mass is 221 g/mol. The second kappa shape index (κ2) is 3.91. The minimum atomic E-state index is 0.280. The fourth-order valence-corrected chi connectivity index (χ4v) is 2.06. The molecule has 0 spiro atoms. The molecule has 17 heavy (non-hydrogen) atoms. The summed E-state index contributed by atoms with van der Waals surface area (Å²) in [5, 5.41) is 11.9. The Hall–Kier alpha value is -2.35. The van der Waals surface area contributed by atoms with Crippen LogP contribution in [-0.4, -0.2) is 10.1 Å². The van der Waals surface area contributed by atoms with Crippen molar-refractivity contribution in [2.24, 2.45) is 0 Å². The molecule has 2 nitrogen and oxygen atoms in total. The van der Waals surface area contributed by atoms with Crippen LogP contribution in [0.3, 0.4) is 0 Å². The topological polar surface area (TPSA) is 33.1 Å². The minimum Gasteiger partial charge on any atom is -0.508 e. The number of nitrogens with zero attached hydrogens (tertiary/aromatic N) is 1. The van der Waals surface area contributed by atoms with Crippen LogP contribution < -0.4 is 0 Å². The van der Waals surface area contributed by atoms with Gasteiger partial charge in [0.15, 0.2) is 0 Å². The lowest BCUT2D eigenvalue weighted by molar-refractivity contribution is 0.476. The lowest BCUT2D eigenvalue weighted by atomic mass is 9.99. The molecule has 0 atom stereocenters. The van der Waals surface area contributed by atoms with Crippen molar-refractivity contribution in [3.05, 3.63) is 60.9 Å². The van der Waals surface area contributed by atoms with E-state index in [4.69, 9.17) is 0 Å². The van der Waals surface area contributed by atoms with Crippen LogP contribution in [0.5, 0.6) is 5.75 Å². The maximum Gasteiger partial charge on any atom is 0.116 e. The van der Waals surface area contributed by atoms with Crippen LogP contribution in [0.4, 0.5) is 0 Å². The number of phenolic OH excluding ortho intramolecular Hbond substituents is 1. The first-order valence-corrected chi connectivity index (χ1v) is 5.47. The molecule has 1 aromatic heterocycles. The first kappa shape index (κ1) is 9.85. The van der Waals surface area contributed by atoms with Crippen molar-refractivity contribution in [3.63, 3.8) is 0 Å². The standard InChI is InChI=1S/C15H11NO/c17-13-8-11-4-1-2-6-14(11)15(9-13)12-5-3-7-16-10-12/h1-10,17H. The van der Waals surface area contributed by atoms with Gasteiger partial charge in [-0.05, 0) is 34.5 Å². The lowest BCUT2D eigenvalue weighted by Gasteiger charge is -2.07. The van der Waals surface area contributed by atoms with Crippen molar-refractivity contribution >= 4 is 10.8 Å². The number of phenols is 1. The van der Waals surface area contributed by atoms with Gasteiger partial charge in [-0.15, -0.1) is 0 Å². The number of aromatic nitrogens is 1. The van der Waals surface area contributed by atoms with Crippen molar-refractivity contribution < 1.29 is 5.11 Å². The van der Waals surface area contributed by atoms with Crippen LogP contribution in [-0.2, 0) is 0 Å². The van der Waals surface area contributed by atoms with Crippen molar-refractivity contribution in [1.82, 2.24) is 4.98 Å². The van der Waals surface area contributed by atoms with Gasteiger partial charge < -0.3 is 5.11 Å². The second-order valence-electron chi connectivity index (χ2n) is 3.96. The molecule has 0 saturated heterocycles. The Morgan fingerprint density at radius 3 is 2.65 bits per heavy atom. The molecule has 0 aliphatic heterocycles. The average Bonchev–Trinajstić information content (AvgIpc) is 2.39. The molecule has 2 heteroatoms. The smallest absolute Gasteiger partial charge is 0.116 e. The fourth-order valence-electron chi connectivity index (χ4n) is 2.06. The predicted octanol–water partition coefficient (Wildman–Crippen LogP) is 3.61. The highest BCUT2D eigenvalue weighted by molar-refractivity contribution is 5.97. The Labute approximate surface area is 99.2 Å². The van der Waals surface area contributed by atoms with E-state index in [2.05, 4.69) is 11.1 Å². The van der Waals surface area contributed by atoms with Crippen LogP contribution in [0.25, 0.3) is 21.9 Å². The Morgan fingerprint density at radius 1 is 0.941 bits per heavy atom. The second-order valence-corrected chi connectivity index (χ2v) is 3.96. The summed E-state index contributed by atoms with van der Waals surface area (Å²) in [6, 6.07) is 15.5. The molecule has 0 unspecified atom stereocenters. The van der Waals surface area contributed by atoms with Crippen molar-refractivity contribution in [2.45, 2.75) is 0 Å². The molecule has 0 fully saturated rings. The number of fused-ring (bicyclic) bond motifs is 1. The molecule has 1 heterocycles. The largest absolute Gasteiger partial charge is 0.508 e. The zero-order chi connectivity index (χ0) is 11.7. The summed E-state index contributed by atoms with van der Waals surface area (Å²) in [6.07, 6.45) is 3.55. The van der Waals surface area contributed by atoms with Gasteiger partial charge in [0.05, 0.1) is 0 Å². The summed E-state index contributed by atoms with van der Waals surface area (Å²) < 4.78 is 0. The van der Waals surface area contributed by atoms with Gasteiger partial charge >= 0.3 is 0 Å². The molecular formula is C15H11NO. The summed E-state index contributed by atoms with van der Waals surface area (Å²) >= 11 is 0. The highest BCUT2D eigenvalue weighted by atomic mass is 16.3. The number of pyridine rings is 1. The maximum atomic E-state index is 9.75. The third-order valence-corrected chi connectivity index (χ3v) is 2.82. The van der Waals surface area contributed by atoms with E-state index in [1.165, 1.54) is 0 Å². The van der Waals surface area contributed by atoms with Crippen molar-refractivity contribution in [3.8, 4) is 16.9 Å². The Kier molecular flexibility index (Phi) is 2.26. The van der Waals surface area contributed by atoms with E-state index in [0.717, 1.165) is 21.9 Å². The predicted molar refractivity (Wildman–Crippen MR) is 68.8 cm³/mol. The summed E-state index contributed by atoms with van der Waals surface area (Å²) in [5.74, 6) is 0.280. The van der Waals surface area contributed by atoms with E-state index in [0.29, 0.717) is 0 Å². The highest BCUT2D eigenvalue weighted by Gasteiger charge is 2.05. The van der Waals surface area contributed by atoms with Gasteiger partial charge in [-0.1, -0.05) is 30.3 Å². The number of hydrogen-bond donors (Lipinski definition) is 1. The van der Waals surface area contributed by atoms with E-state index in [1.54, 1.807) is 24.5 Å². The first-order chi connectivity index (χ1) is 8.34. The van der Waals surface area contributed by atoms with E-state index >= 15 is 0 Å². The Morgan fingerprint density at radius 2 is 1.82 bits per heavy atom. The molecule has 0 amide bonds.